The zero-order chi connectivity index (χ0) is 96.2. The summed E-state index contributed by atoms with van der Waals surface area (Å²) in [6.45, 7) is 13.4. The first-order chi connectivity index (χ1) is 71.8. The molecular weight excluding hydrogens is 1750 g/mol. The van der Waals surface area contributed by atoms with E-state index in [1.807, 2.05) is 0 Å². The average Bonchev–Trinajstić information content (AvgIpc) is 1.52. The van der Waals surface area contributed by atoms with Crippen molar-refractivity contribution in [3.63, 3.8) is 0 Å². The van der Waals surface area contributed by atoms with Gasteiger partial charge in [-0.2, -0.15) is 0 Å². The summed E-state index contributed by atoms with van der Waals surface area (Å²) in [6.07, 6.45) is 0. The smallest absolute Gasteiger partial charge is 0.00139 e. The van der Waals surface area contributed by atoms with E-state index >= 15 is 0 Å². The van der Waals surface area contributed by atoms with E-state index in [1.54, 1.807) is 0 Å². The van der Waals surface area contributed by atoms with Crippen molar-refractivity contribution in [3.8, 4) is 100 Å². The van der Waals surface area contributed by atoms with Crippen molar-refractivity contribution in [1.29, 1.82) is 0 Å². The highest BCUT2D eigenvalue weighted by atomic mass is 14.3. The van der Waals surface area contributed by atoms with Gasteiger partial charge in [0.2, 0.25) is 0 Å². The van der Waals surface area contributed by atoms with Crippen LogP contribution in [0, 0.1) is 41.5 Å². The Hall–Kier alpha value is -18.2. The van der Waals surface area contributed by atoms with Crippen LogP contribution >= 0.6 is 0 Å². The van der Waals surface area contributed by atoms with Gasteiger partial charge < -0.3 is 0 Å². The normalized spacial score (nSPS) is 12.5. The van der Waals surface area contributed by atoms with Crippen molar-refractivity contribution < 1.29 is 0 Å². The lowest BCUT2D eigenvalue weighted by molar-refractivity contribution is 1.48. The lowest BCUT2D eigenvalue weighted by Crippen LogP contribution is -1.91. The van der Waals surface area contributed by atoms with E-state index in [0.717, 1.165) is 0 Å². The van der Waals surface area contributed by atoms with E-state index < -0.39 is 0 Å². The monoisotopic (exact) mass is 1840 g/mol. The molecule has 0 heteroatoms. The van der Waals surface area contributed by atoms with Crippen LogP contribution < -0.4 is 0 Å². The summed E-state index contributed by atoms with van der Waals surface area (Å²) in [5, 5.41) is 58.8. The molecule has 0 fully saturated rings. The van der Waals surface area contributed by atoms with Crippen molar-refractivity contribution in [2.75, 3.05) is 0 Å². The van der Waals surface area contributed by atoms with Gasteiger partial charge in [0.15, 0.2) is 0 Å². The zero-order valence-electron chi connectivity index (χ0n) is 81.6. The molecule has 0 nitrogen and oxygen atoms in total. The topological polar surface area (TPSA) is 0 Å². The molecule has 0 atom stereocenters. The van der Waals surface area contributed by atoms with Crippen LogP contribution in [0.1, 0.15) is 33.4 Å². The molecule has 32 aromatic rings. The quantitative estimate of drug-likeness (QED) is 0.119. The highest BCUT2D eigenvalue weighted by Crippen LogP contribution is 2.59. The minimum Gasteiger partial charge on any atom is -0.0622 e. The predicted molar refractivity (Wildman–Crippen MR) is 634 cm³/mol. The molecule has 0 saturated heterocycles. The third-order valence-corrected chi connectivity index (χ3v) is 33.6. The highest BCUT2D eigenvalue weighted by molar-refractivity contribution is 6.44. The molecule has 2 aliphatic carbocycles. The summed E-state index contributed by atoms with van der Waals surface area (Å²) in [5.74, 6) is 0. The van der Waals surface area contributed by atoms with E-state index in [9.17, 15) is 0 Å². The molecule has 146 heavy (non-hydrogen) atoms. The van der Waals surface area contributed by atoms with Gasteiger partial charge in [-0.1, -0.05) is 346 Å². The molecule has 0 heterocycles. The second-order valence-corrected chi connectivity index (χ2v) is 42.2. The van der Waals surface area contributed by atoms with Crippen LogP contribution in [0.5, 0.6) is 0 Å². The first-order valence-corrected chi connectivity index (χ1v) is 51.5. The Labute approximate surface area is 842 Å². The molecule has 674 valence electrons. The summed E-state index contributed by atoms with van der Waals surface area (Å²) >= 11 is 0. The lowest BCUT2D eigenvalue weighted by Gasteiger charge is -2.19. The van der Waals surface area contributed by atoms with Crippen LogP contribution in [0.2, 0.25) is 0 Å². The molecule has 34 rings (SSSR count). The molecule has 0 unspecified atom stereocenters. The van der Waals surface area contributed by atoms with E-state index in [0.29, 0.717) is 0 Å². The predicted octanol–water partition coefficient (Wildman–Crippen LogP) is 41.7. The second kappa shape index (κ2) is 30.2. The minimum atomic E-state index is 1.24. The van der Waals surface area contributed by atoms with E-state index in [2.05, 4.69) is 478 Å². The highest BCUT2D eigenvalue weighted by Gasteiger charge is 2.31. The Morgan fingerprint density at radius 2 is 0.397 bits per heavy atom. The van der Waals surface area contributed by atoms with Crippen molar-refractivity contribution in [2.24, 2.45) is 0 Å². The van der Waals surface area contributed by atoms with Crippen LogP contribution in [0.25, 0.3) is 337 Å². The standard InChI is InChI=1S/C52H32.C48H30.C46H28/c1-29-19-34-20-30(2)22-50-48-28-46-42(27-47(48)49(21-29)52(34)50)38(32-13-7-4-8-14-32)24-43-44(46)23-37(31-11-5-3-6-12-31)41-25-39-35-17-9-15-33-16-10-18-36(51(33)35)40(39)26-45(41)43;1-27-20-41-39-25-37-35(29-12-5-3-6-13-29)24-43-36(23-31-16-11-19-33-32-17-9-10-18-34(32)48(43)46(31)33)38(37)26-40(39)42-22-28(2)45(44(21-27)47(41)42)30-14-7-4-8-15-30;1-25-16-31-17-26(2)19-42-40-24-38-36-21-30-10-7-13-33-32-11-5-6-12-34(32)46(45(30)33)43(36)22-35(37(38)23-39(40)41(18-25)44(31)42)29-15-14-27-8-3-4-9-28(27)20-29/h3-28H,1-2H3;3-26H,1-2H3;3-24H,1-2H3. The molecule has 0 aliphatic heterocycles. The molecule has 0 bridgehead atoms. The van der Waals surface area contributed by atoms with Gasteiger partial charge in [0.1, 0.15) is 0 Å². The fraction of sp³-hybridized carbons (Fsp3) is 0.0411. The molecule has 0 saturated carbocycles. The fourth-order valence-corrected chi connectivity index (χ4v) is 27.7. The summed E-state index contributed by atoms with van der Waals surface area (Å²) in [7, 11) is 0. The number of hydrogen-bond donors (Lipinski definition) is 0. The maximum atomic E-state index is 2.52. The van der Waals surface area contributed by atoms with E-state index in [1.165, 1.54) is 371 Å². The molecule has 0 aromatic heterocycles. The molecule has 32 aromatic carbocycles. The van der Waals surface area contributed by atoms with Gasteiger partial charge in [0.25, 0.3) is 0 Å². The molecular formula is C146H90. The van der Waals surface area contributed by atoms with Gasteiger partial charge in [-0.05, 0) is 503 Å². The number of benzene rings is 28. The maximum absolute atomic E-state index is 2.52. The Morgan fingerprint density at radius 3 is 0.890 bits per heavy atom. The van der Waals surface area contributed by atoms with Crippen LogP contribution in [0.4, 0.5) is 0 Å². The average molecular weight is 1840 g/mol. The molecule has 0 spiro atoms. The Balaban J connectivity index is 0.0000000977. The second-order valence-electron chi connectivity index (χ2n) is 42.2. The number of hydrogen-bond acceptors (Lipinski definition) is 0. The third kappa shape index (κ3) is 11.6. The zero-order valence-corrected chi connectivity index (χ0v) is 81.6. The van der Waals surface area contributed by atoms with Crippen LogP contribution in [-0.4, -0.2) is 0 Å². The van der Waals surface area contributed by atoms with Crippen molar-refractivity contribution in [3.05, 3.63) is 470 Å². The van der Waals surface area contributed by atoms with Crippen LogP contribution in [-0.2, 0) is 0 Å². The van der Waals surface area contributed by atoms with Crippen molar-refractivity contribution in [1.82, 2.24) is 0 Å². The number of fused-ring (bicyclic) bond motifs is 32. The van der Waals surface area contributed by atoms with Gasteiger partial charge in [-0.15, -0.1) is 0 Å². The molecule has 0 amide bonds. The lowest BCUT2D eigenvalue weighted by atomic mass is 9.84. The Kier molecular flexibility index (Phi) is 16.9. The maximum Gasteiger partial charge on any atom is -0.00139 e. The Morgan fingerprint density at radius 1 is 0.103 bits per heavy atom. The third-order valence-electron chi connectivity index (χ3n) is 33.6. The Bertz CT molecular complexity index is 11400. The number of rotatable bonds is 5. The first-order valence-electron chi connectivity index (χ1n) is 51.5. The summed E-state index contributed by atoms with van der Waals surface area (Å²) in [6, 6.07) is 166. The van der Waals surface area contributed by atoms with Crippen LogP contribution in [0.15, 0.2) is 437 Å². The van der Waals surface area contributed by atoms with Gasteiger partial charge >= 0.3 is 0 Å². The summed E-state index contributed by atoms with van der Waals surface area (Å²) in [5.41, 5.74) is 31.3. The summed E-state index contributed by atoms with van der Waals surface area (Å²) < 4.78 is 0. The number of aryl methyl sites for hydroxylation is 6. The van der Waals surface area contributed by atoms with Crippen molar-refractivity contribution >= 4 is 237 Å². The van der Waals surface area contributed by atoms with Crippen molar-refractivity contribution in [2.45, 2.75) is 41.5 Å². The molecule has 0 radical (unpaired) electrons. The minimum absolute atomic E-state index is 1.24. The molecule has 2 aliphatic rings. The van der Waals surface area contributed by atoms with Gasteiger partial charge in [0.05, 0.1) is 0 Å². The summed E-state index contributed by atoms with van der Waals surface area (Å²) in [4.78, 5) is 0. The largest absolute Gasteiger partial charge is 0.0622 e. The fourth-order valence-electron chi connectivity index (χ4n) is 27.7. The van der Waals surface area contributed by atoms with E-state index in [-0.39, 0.29) is 0 Å². The van der Waals surface area contributed by atoms with Gasteiger partial charge in [-0.3, -0.25) is 0 Å². The first kappa shape index (κ1) is 81.5. The van der Waals surface area contributed by atoms with Gasteiger partial charge in [0, 0.05) is 0 Å². The molecule has 0 N–H and O–H groups in total. The SMILES string of the molecule is Cc1cc2c(-c3ccccc3)c(C)cc3c4cc5c(cc4c(c1)c23)c(-c1ccccc1)cc1c5cc2cccc3c4ccccc4c1c23.Cc1cc2c3c(cc(C)cc3c1)-c1cc3c(cc1-2)c(-c1ccccc1)cc1c2cc4c(cc2c(-c2ccccc2)cc31)-c1cccc2cccc-4c12.Cc1cc2cc(C)cc3c4cc5c(cc4c(c1)c23)c(-c1ccc2ccccc2c1)cc1c5cc2cccc3c4ccccc4c1c23. The van der Waals surface area contributed by atoms with Gasteiger partial charge in [-0.25, -0.2) is 0 Å². The van der Waals surface area contributed by atoms with E-state index in [4.69, 9.17) is 0 Å². The van der Waals surface area contributed by atoms with Crippen LogP contribution in [0.3, 0.4) is 0 Å².